The molecule has 2 aromatic rings. The maximum absolute atomic E-state index is 11.4. The van der Waals surface area contributed by atoms with Crippen LogP contribution in [0.4, 0.5) is 17.5 Å². The van der Waals surface area contributed by atoms with E-state index in [0.29, 0.717) is 24.9 Å². The Bertz CT molecular complexity index is 806. The lowest BCUT2D eigenvalue weighted by Gasteiger charge is -2.22. The maximum Gasteiger partial charge on any atom is 0.341 e. The van der Waals surface area contributed by atoms with Crippen molar-refractivity contribution in [2.24, 2.45) is 0 Å². The third-order valence-corrected chi connectivity index (χ3v) is 4.34. The van der Waals surface area contributed by atoms with Gasteiger partial charge in [0.15, 0.2) is 0 Å². The summed E-state index contributed by atoms with van der Waals surface area (Å²) in [6.07, 6.45) is 6.08. The second kappa shape index (κ2) is 10.1. The number of carbonyl (C=O) groups is 1. The monoisotopic (exact) mass is 406 g/mol. The molecule has 0 bridgehead atoms. The number of aliphatic hydroxyl groups excluding tert-OH is 1. The van der Waals surface area contributed by atoms with Crippen molar-refractivity contribution in [2.45, 2.75) is 31.9 Å². The quantitative estimate of drug-likeness (QED) is 0.426. The zero-order chi connectivity index (χ0) is 20.6. The number of nitrogens with zero attached hydrogens (tertiary/aromatic N) is 4. The molecule has 11 nitrogen and oxygen atoms in total. The predicted molar refractivity (Wildman–Crippen MR) is 105 cm³/mol. The van der Waals surface area contributed by atoms with E-state index in [9.17, 15) is 15.0 Å². The van der Waals surface area contributed by atoms with Crippen molar-refractivity contribution in [1.82, 2.24) is 19.7 Å². The summed E-state index contributed by atoms with van der Waals surface area (Å²) in [4.78, 5) is 19.8. The van der Waals surface area contributed by atoms with Gasteiger partial charge in [-0.1, -0.05) is 0 Å². The molecule has 1 unspecified atom stereocenters. The van der Waals surface area contributed by atoms with Gasteiger partial charge >= 0.3 is 5.97 Å². The summed E-state index contributed by atoms with van der Waals surface area (Å²) in [7, 11) is 0. The molecule has 0 saturated carbocycles. The van der Waals surface area contributed by atoms with Crippen molar-refractivity contribution < 1.29 is 24.5 Å². The van der Waals surface area contributed by atoms with Crippen LogP contribution < -0.4 is 10.6 Å². The van der Waals surface area contributed by atoms with E-state index >= 15 is 0 Å². The highest BCUT2D eigenvalue weighted by Crippen LogP contribution is 2.23. The average Bonchev–Trinajstić information content (AvgIpc) is 3.16. The summed E-state index contributed by atoms with van der Waals surface area (Å²) in [5.74, 6) is -0.683. The number of hydrogen-bond donors (Lipinski definition) is 4. The Kier molecular flexibility index (Phi) is 7.33. The van der Waals surface area contributed by atoms with Crippen molar-refractivity contribution in [2.75, 3.05) is 43.6 Å². The van der Waals surface area contributed by atoms with E-state index in [-0.39, 0.29) is 23.9 Å². The van der Waals surface area contributed by atoms with E-state index in [1.807, 2.05) is 10.9 Å². The molecule has 0 radical (unpaired) electrons. The highest BCUT2D eigenvalue weighted by molar-refractivity contribution is 5.93. The third kappa shape index (κ3) is 6.11. The van der Waals surface area contributed by atoms with E-state index < -0.39 is 12.1 Å². The van der Waals surface area contributed by atoms with Gasteiger partial charge in [-0.3, -0.25) is 4.68 Å². The minimum Gasteiger partial charge on any atom is -0.477 e. The van der Waals surface area contributed by atoms with Gasteiger partial charge in [-0.15, -0.1) is 0 Å². The highest BCUT2D eigenvalue weighted by atomic mass is 16.5. The number of aromatic carboxylic acids is 1. The summed E-state index contributed by atoms with van der Waals surface area (Å²) in [5, 5.41) is 28.9. The van der Waals surface area contributed by atoms with Crippen molar-refractivity contribution >= 4 is 23.4 Å². The van der Waals surface area contributed by atoms with Gasteiger partial charge in [0.2, 0.25) is 5.95 Å². The van der Waals surface area contributed by atoms with Crippen LogP contribution >= 0.6 is 0 Å². The number of carboxylic acid groups (broad SMARTS) is 1. The number of nitrogens with one attached hydrogen (secondary N) is 2. The molecule has 0 aromatic carbocycles. The molecule has 1 fully saturated rings. The van der Waals surface area contributed by atoms with Crippen molar-refractivity contribution in [3.63, 3.8) is 0 Å². The molecular formula is C18H26N6O5. The second-order valence-corrected chi connectivity index (χ2v) is 6.79. The van der Waals surface area contributed by atoms with E-state index in [4.69, 9.17) is 9.47 Å². The van der Waals surface area contributed by atoms with Crippen LogP contribution in [0.1, 0.15) is 36.2 Å². The van der Waals surface area contributed by atoms with Gasteiger partial charge in [0.05, 0.1) is 37.2 Å². The first-order valence-electron chi connectivity index (χ1n) is 9.52. The molecule has 158 valence electrons. The Morgan fingerprint density at radius 3 is 2.93 bits per heavy atom. The summed E-state index contributed by atoms with van der Waals surface area (Å²) in [5.41, 5.74) is 0.676. The van der Waals surface area contributed by atoms with E-state index in [1.165, 1.54) is 6.20 Å². The number of hydrogen-bond acceptors (Lipinski definition) is 9. The SMILES string of the molecule is CC(O)COCCNc1nc(Nc2cnn(C3CCOCC3)c2)ncc1C(=O)O. The van der Waals surface area contributed by atoms with Crippen LogP contribution in [0, 0.1) is 0 Å². The van der Waals surface area contributed by atoms with Crippen molar-refractivity contribution in [3.05, 3.63) is 24.2 Å². The molecule has 11 heteroatoms. The second-order valence-electron chi connectivity index (χ2n) is 6.79. The fraction of sp³-hybridized carbons (Fsp3) is 0.556. The lowest BCUT2D eigenvalue weighted by Crippen LogP contribution is -2.19. The zero-order valence-electron chi connectivity index (χ0n) is 16.2. The normalized spacial score (nSPS) is 15.8. The minimum atomic E-state index is -1.13. The van der Waals surface area contributed by atoms with Crippen LogP contribution in [-0.4, -0.2) is 75.0 Å². The molecule has 3 heterocycles. The highest BCUT2D eigenvalue weighted by Gasteiger charge is 2.17. The van der Waals surface area contributed by atoms with Crippen LogP contribution in [0.3, 0.4) is 0 Å². The van der Waals surface area contributed by atoms with Crippen LogP contribution in [0.15, 0.2) is 18.6 Å². The summed E-state index contributed by atoms with van der Waals surface area (Å²) >= 11 is 0. The smallest absolute Gasteiger partial charge is 0.341 e. The maximum atomic E-state index is 11.4. The molecule has 0 spiro atoms. The molecule has 2 aromatic heterocycles. The molecule has 1 atom stereocenters. The fourth-order valence-corrected chi connectivity index (χ4v) is 2.91. The first kappa shape index (κ1) is 21.0. The molecule has 0 amide bonds. The van der Waals surface area contributed by atoms with Gasteiger partial charge < -0.3 is 30.3 Å². The molecule has 3 rings (SSSR count). The molecule has 1 aliphatic rings. The minimum absolute atomic E-state index is 0.0380. The Labute approximate surface area is 168 Å². The number of rotatable bonds is 10. The van der Waals surface area contributed by atoms with E-state index in [1.54, 1.807) is 13.1 Å². The molecular weight excluding hydrogens is 380 g/mol. The predicted octanol–water partition coefficient (Wildman–Crippen LogP) is 1.28. The van der Waals surface area contributed by atoms with Crippen molar-refractivity contribution in [3.8, 4) is 0 Å². The largest absolute Gasteiger partial charge is 0.477 e. The first-order chi connectivity index (χ1) is 14.0. The van der Waals surface area contributed by atoms with E-state index in [0.717, 1.165) is 26.1 Å². The Morgan fingerprint density at radius 2 is 2.21 bits per heavy atom. The van der Waals surface area contributed by atoms with Crippen LogP contribution in [0.2, 0.25) is 0 Å². The average molecular weight is 406 g/mol. The Balaban J connectivity index is 1.63. The number of aliphatic hydroxyl groups is 1. The van der Waals surface area contributed by atoms with Gasteiger partial charge in [-0.25, -0.2) is 9.78 Å². The first-order valence-corrected chi connectivity index (χ1v) is 9.52. The Morgan fingerprint density at radius 1 is 1.41 bits per heavy atom. The lowest BCUT2D eigenvalue weighted by molar-refractivity contribution is 0.0511. The van der Waals surface area contributed by atoms with Crippen molar-refractivity contribution in [1.29, 1.82) is 0 Å². The molecule has 0 aliphatic carbocycles. The summed E-state index contributed by atoms with van der Waals surface area (Å²) in [6, 6.07) is 0.300. The Hall–Kier alpha value is -2.76. The molecule has 1 aliphatic heterocycles. The molecule has 29 heavy (non-hydrogen) atoms. The fourth-order valence-electron chi connectivity index (χ4n) is 2.91. The van der Waals surface area contributed by atoms with Gasteiger partial charge in [0.25, 0.3) is 0 Å². The topological polar surface area (TPSA) is 144 Å². The standard InChI is InChI=1S/C18H26N6O5/c1-12(25)11-29-7-4-19-16-15(17(26)27)9-20-18(23-16)22-13-8-21-24(10-13)14-2-5-28-6-3-14/h8-10,12,14,25H,2-7,11H2,1H3,(H,26,27)(H2,19,20,22,23). The van der Waals surface area contributed by atoms with Gasteiger partial charge in [-0.05, 0) is 19.8 Å². The molecule has 4 N–H and O–H groups in total. The number of ether oxygens (including phenoxy) is 2. The number of carboxylic acids is 1. The molecule has 1 saturated heterocycles. The van der Waals surface area contributed by atoms with Crippen LogP contribution in [-0.2, 0) is 9.47 Å². The van der Waals surface area contributed by atoms with Gasteiger partial charge in [0, 0.05) is 32.2 Å². The third-order valence-electron chi connectivity index (χ3n) is 4.34. The number of anilines is 3. The van der Waals surface area contributed by atoms with Gasteiger partial charge in [-0.2, -0.15) is 10.1 Å². The van der Waals surface area contributed by atoms with Gasteiger partial charge in [0.1, 0.15) is 11.4 Å². The van der Waals surface area contributed by atoms with Crippen LogP contribution in [0.25, 0.3) is 0 Å². The van der Waals surface area contributed by atoms with Crippen LogP contribution in [0.5, 0.6) is 0 Å². The zero-order valence-corrected chi connectivity index (χ0v) is 16.2. The summed E-state index contributed by atoms with van der Waals surface area (Å²) in [6.45, 7) is 3.93. The van der Waals surface area contributed by atoms with E-state index in [2.05, 4.69) is 25.7 Å². The lowest BCUT2D eigenvalue weighted by atomic mass is 10.1. The summed E-state index contributed by atoms with van der Waals surface area (Å²) < 4.78 is 12.5. The number of aromatic nitrogens is 4.